The summed E-state index contributed by atoms with van der Waals surface area (Å²) in [6.07, 6.45) is 0.217. The van der Waals surface area contributed by atoms with Crippen molar-refractivity contribution in [1.29, 1.82) is 5.26 Å². The summed E-state index contributed by atoms with van der Waals surface area (Å²) in [5.41, 5.74) is 1.25. The Morgan fingerprint density at radius 1 is 1.40 bits per heavy atom. The lowest BCUT2D eigenvalue weighted by molar-refractivity contribution is -0.136. The maximum Gasteiger partial charge on any atom is 0.321 e. The zero-order valence-electron chi connectivity index (χ0n) is 11.5. The quantitative estimate of drug-likeness (QED) is 0.860. The molecule has 1 aromatic carbocycles. The molecule has 1 atom stereocenters. The fourth-order valence-electron chi connectivity index (χ4n) is 1.56. The van der Waals surface area contributed by atoms with Gasteiger partial charge in [-0.1, -0.05) is 12.1 Å². The average molecular weight is 275 g/mol. The minimum absolute atomic E-state index is 0.0483. The molecular weight excluding hydrogens is 258 g/mol. The number of carbonyl (C=O) groups excluding carboxylic acids is 1. The van der Waals surface area contributed by atoms with E-state index in [1.165, 1.54) is 4.90 Å². The van der Waals surface area contributed by atoms with Gasteiger partial charge in [0, 0.05) is 18.8 Å². The number of carboxylic acid groups (broad SMARTS) is 1. The number of rotatable bonds is 5. The molecule has 0 aliphatic rings. The number of anilines is 1. The summed E-state index contributed by atoms with van der Waals surface area (Å²) in [6.45, 7) is 1.79. The van der Waals surface area contributed by atoms with Crippen LogP contribution < -0.4 is 5.32 Å². The Hall–Kier alpha value is -2.55. The van der Waals surface area contributed by atoms with E-state index in [1.807, 2.05) is 6.07 Å². The third-order valence-electron chi connectivity index (χ3n) is 2.93. The fraction of sp³-hybridized carbons (Fsp3) is 0.357. The van der Waals surface area contributed by atoms with Crippen LogP contribution in [0.25, 0.3) is 0 Å². The van der Waals surface area contributed by atoms with Crippen molar-refractivity contribution in [1.82, 2.24) is 4.90 Å². The molecule has 1 rings (SSSR count). The van der Waals surface area contributed by atoms with E-state index >= 15 is 0 Å². The molecule has 0 aliphatic carbocycles. The summed E-state index contributed by atoms with van der Waals surface area (Å²) < 4.78 is 0. The molecule has 20 heavy (non-hydrogen) atoms. The van der Waals surface area contributed by atoms with Gasteiger partial charge in [0.1, 0.15) is 0 Å². The van der Waals surface area contributed by atoms with Crippen LogP contribution in [0, 0.1) is 11.3 Å². The first kappa shape index (κ1) is 15.5. The summed E-state index contributed by atoms with van der Waals surface area (Å²) in [4.78, 5) is 23.9. The Balaban J connectivity index is 2.62. The molecule has 0 aliphatic heterocycles. The molecule has 0 saturated carbocycles. The highest BCUT2D eigenvalue weighted by atomic mass is 16.4. The lowest BCUT2D eigenvalue weighted by atomic mass is 10.1. The first-order valence-electron chi connectivity index (χ1n) is 6.15. The second-order valence-electron chi connectivity index (χ2n) is 4.52. The van der Waals surface area contributed by atoms with Crippen molar-refractivity contribution in [3.8, 4) is 6.07 Å². The molecule has 6 nitrogen and oxygen atoms in total. The van der Waals surface area contributed by atoms with E-state index in [2.05, 4.69) is 5.32 Å². The summed E-state index contributed by atoms with van der Waals surface area (Å²) in [7, 11) is 1.62. The number of aliphatic carboxylic acids is 1. The molecule has 0 fully saturated rings. The highest BCUT2D eigenvalue weighted by molar-refractivity contribution is 5.89. The second-order valence-corrected chi connectivity index (χ2v) is 4.52. The molecule has 2 amide bonds. The van der Waals surface area contributed by atoms with Crippen LogP contribution >= 0.6 is 0 Å². The van der Waals surface area contributed by atoms with Crippen LogP contribution in [0.1, 0.15) is 18.9 Å². The van der Waals surface area contributed by atoms with Crippen LogP contribution in [0.4, 0.5) is 10.5 Å². The molecule has 1 aromatic rings. The van der Waals surface area contributed by atoms with Gasteiger partial charge in [-0.3, -0.25) is 4.79 Å². The number of nitrogens with zero attached hydrogens (tertiary/aromatic N) is 2. The number of nitriles is 1. The first-order valence-corrected chi connectivity index (χ1v) is 6.15. The zero-order chi connectivity index (χ0) is 15.1. The van der Waals surface area contributed by atoms with Gasteiger partial charge in [-0.05, 0) is 24.6 Å². The van der Waals surface area contributed by atoms with Crippen LogP contribution in [0.15, 0.2) is 24.3 Å². The van der Waals surface area contributed by atoms with Crippen molar-refractivity contribution < 1.29 is 14.7 Å². The maximum atomic E-state index is 11.9. The topological polar surface area (TPSA) is 93.4 Å². The maximum absolute atomic E-state index is 11.9. The van der Waals surface area contributed by atoms with E-state index in [0.717, 1.165) is 0 Å². The van der Waals surface area contributed by atoms with Gasteiger partial charge < -0.3 is 15.3 Å². The van der Waals surface area contributed by atoms with Crippen LogP contribution in [0.2, 0.25) is 0 Å². The lowest BCUT2D eigenvalue weighted by Gasteiger charge is -2.23. The van der Waals surface area contributed by atoms with Crippen LogP contribution in [-0.2, 0) is 11.2 Å². The second kappa shape index (κ2) is 7.14. The Labute approximate surface area is 117 Å². The number of nitrogens with one attached hydrogen (secondary N) is 1. The summed E-state index contributed by atoms with van der Waals surface area (Å²) in [5, 5.41) is 20.0. The largest absolute Gasteiger partial charge is 0.481 e. The van der Waals surface area contributed by atoms with Gasteiger partial charge in [0.2, 0.25) is 0 Å². The van der Waals surface area contributed by atoms with Crippen molar-refractivity contribution in [3.05, 3.63) is 29.8 Å². The van der Waals surface area contributed by atoms with E-state index in [4.69, 9.17) is 10.4 Å². The van der Waals surface area contributed by atoms with E-state index < -0.39 is 5.97 Å². The summed E-state index contributed by atoms with van der Waals surface area (Å²) >= 11 is 0. The predicted molar refractivity (Wildman–Crippen MR) is 74.3 cm³/mol. The van der Waals surface area contributed by atoms with Crippen LogP contribution in [0.3, 0.4) is 0 Å². The van der Waals surface area contributed by atoms with Crippen molar-refractivity contribution in [2.45, 2.75) is 25.8 Å². The Kier molecular flexibility index (Phi) is 5.54. The third kappa shape index (κ3) is 4.61. The Morgan fingerprint density at radius 3 is 2.50 bits per heavy atom. The van der Waals surface area contributed by atoms with Gasteiger partial charge in [-0.25, -0.2) is 4.79 Å². The van der Waals surface area contributed by atoms with Gasteiger partial charge in [-0.2, -0.15) is 5.26 Å². The van der Waals surface area contributed by atoms with Gasteiger partial charge in [-0.15, -0.1) is 0 Å². The first-order chi connectivity index (χ1) is 9.43. The molecule has 1 unspecified atom stereocenters. The van der Waals surface area contributed by atoms with Crippen molar-refractivity contribution in [3.63, 3.8) is 0 Å². The molecule has 6 heteroatoms. The minimum atomic E-state index is -0.896. The van der Waals surface area contributed by atoms with Crippen molar-refractivity contribution in [2.24, 2.45) is 0 Å². The fourth-order valence-corrected chi connectivity index (χ4v) is 1.56. The summed E-state index contributed by atoms with van der Waals surface area (Å²) in [5.74, 6) is -0.896. The monoisotopic (exact) mass is 275 g/mol. The van der Waals surface area contributed by atoms with E-state index in [9.17, 15) is 9.59 Å². The molecule has 106 valence electrons. The number of benzene rings is 1. The van der Waals surface area contributed by atoms with Gasteiger partial charge in [0.05, 0.1) is 18.9 Å². The number of hydrogen-bond donors (Lipinski definition) is 2. The molecular formula is C14H17N3O3. The van der Waals surface area contributed by atoms with Crippen molar-refractivity contribution >= 4 is 17.7 Å². The number of urea groups is 1. The molecule has 0 heterocycles. The number of carboxylic acids is 1. The number of hydrogen-bond acceptors (Lipinski definition) is 3. The Morgan fingerprint density at radius 2 is 2.00 bits per heavy atom. The molecule has 0 radical (unpaired) electrons. The molecule has 0 aromatic heterocycles. The third-order valence-corrected chi connectivity index (χ3v) is 2.93. The zero-order valence-corrected chi connectivity index (χ0v) is 11.5. The highest BCUT2D eigenvalue weighted by Crippen LogP contribution is 2.12. The van der Waals surface area contributed by atoms with Crippen LogP contribution in [0.5, 0.6) is 0 Å². The summed E-state index contributed by atoms with van der Waals surface area (Å²) in [6, 6.07) is 8.15. The van der Waals surface area contributed by atoms with Crippen molar-refractivity contribution in [2.75, 3.05) is 12.4 Å². The Bertz CT molecular complexity index is 519. The van der Waals surface area contributed by atoms with Gasteiger partial charge in [0.25, 0.3) is 0 Å². The highest BCUT2D eigenvalue weighted by Gasteiger charge is 2.15. The van der Waals surface area contributed by atoms with Gasteiger partial charge >= 0.3 is 12.0 Å². The predicted octanol–water partition coefficient (Wildman–Crippen LogP) is 2.08. The SMILES string of the molecule is CC(CC#N)N(C)C(=O)Nc1ccc(CC(=O)O)cc1. The van der Waals surface area contributed by atoms with Crippen LogP contribution in [-0.4, -0.2) is 35.1 Å². The number of carbonyl (C=O) groups is 2. The average Bonchev–Trinajstić information content (AvgIpc) is 2.39. The van der Waals surface area contributed by atoms with E-state index in [0.29, 0.717) is 11.3 Å². The minimum Gasteiger partial charge on any atom is -0.481 e. The smallest absolute Gasteiger partial charge is 0.321 e. The normalized spacial score (nSPS) is 11.2. The molecule has 0 spiro atoms. The van der Waals surface area contributed by atoms with E-state index in [1.54, 1.807) is 38.2 Å². The van der Waals surface area contributed by atoms with E-state index in [-0.39, 0.29) is 24.9 Å². The molecule has 2 N–H and O–H groups in total. The van der Waals surface area contributed by atoms with Gasteiger partial charge in [0.15, 0.2) is 0 Å². The molecule has 0 bridgehead atoms. The number of amides is 2. The lowest BCUT2D eigenvalue weighted by Crippen LogP contribution is -2.38. The molecule has 0 saturated heterocycles. The standard InChI is InChI=1S/C14H17N3O3/c1-10(7-8-15)17(2)14(20)16-12-5-3-11(4-6-12)9-13(18)19/h3-6,10H,7,9H2,1-2H3,(H,16,20)(H,18,19).